The van der Waals surface area contributed by atoms with Crippen LogP contribution in [0.25, 0.3) is 0 Å². The van der Waals surface area contributed by atoms with Crippen LogP contribution in [0.2, 0.25) is 0 Å². The molecule has 0 aliphatic heterocycles. The smallest absolute Gasteiger partial charge is 0.260 e. The topological polar surface area (TPSA) is 93.4 Å². The molecule has 1 aromatic carbocycles. The zero-order chi connectivity index (χ0) is 16.4. The van der Waals surface area contributed by atoms with Crippen molar-refractivity contribution in [2.75, 3.05) is 0 Å². The summed E-state index contributed by atoms with van der Waals surface area (Å²) in [5.74, 6) is 0. The van der Waals surface area contributed by atoms with Crippen molar-refractivity contribution in [3.8, 4) is 0 Å². The number of nitrogens with zero attached hydrogens (tertiary/aromatic N) is 3. The van der Waals surface area contributed by atoms with Gasteiger partial charge in [0, 0.05) is 24.4 Å². The second-order valence-corrected chi connectivity index (χ2v) is 7.25. The van der Waals surface area contributed by atoms with Crippen molar-refractivity contribution < 1.29 is 13.3 Å². The molecule has 1 saturated carbocycles. The molecule has 1 aliphatic carbocycles. The largest absolute Gasteiger partial charge is 0.270 e. The molecule has 0 N–H and O–H groups in total. The SMILES string of the molecule is O=[N+]([O-])c1cccc(S(=O)(=O)N(Cc2ccccn2)C2CC2)c1. The number of pyridine rings is 1. The Hall–Kier alpha value is -2.32. The van der Waals surface area contributed by atoms with Crippen LogP contribution in [0.15, 0.2) is 53.6 Å². The molecule has 0 atom stereocenters. The summed E-state index contributed by atoms with van der Waals surface area (Å²) in [5.41, 5.74) is 0.410. The number of nitro groups is 1. The van der Waals surface area contributed by atoms with E-state index in [2.05, 4.69) is 4.98 Å². The van der Waals surface area contributed by atoms with Gasteiger partial charge in [-0.15, -0.1) is 0 Å². The minimum atomic E-state index is -3.80. The maximum Gasteiger partial charge on any atom is 0.270 e. The fourth-order valence-electron chi connectivity index (χ4n) is 2.32. The molecule has 2 aromatic rings. The van der Waals surface area contributed by atoms with E-state index >= 15 is 0 Å². The van der Waals surface area contributed by atoms with Crippen molar-refractivity contribution in [2.24, 2.45) is 0 Å². The third-order valence-electron chi connectivity index (χ3n) is 3.63. The highest BCUT2D eigenvalue weighted by atomic mass is 32.2. The average Bonchev–Trinajstić information content (AvgIpc) is 3.38. The number of nitro benzene ring substituents is 1. The van der Waals surface area contributed by atoms with Crippen LogP contribution in [0.1, 0.15) is 18.5 Å². The normalized spacial score (nSPS) is 14.8. The number of non-ortho nitro benzene ring substituents is 1. The van der Waals surface area contributed by atoms with Gasteiger partial charge < -0.3 is 0 Å². The van der Waals surface area contributed by atoms with Gasteiger partial charge in [-0.25, -0.2) is 8.42 Å². The Morgan fingerprint density at radius 3 is 2.61 bits per heavy atom. The van der Waals surface area contributed by atoms with E-state index in [0.717, 1.165) is 18.9 Å². The van der Waals surface area contributed by atoms with Crippen LogP contribution in [0.4, 0.5) is 5.69 Å². The van der Waals surface area contributed by atoms with E-state index in [4.69, 9.17) is 0 Å². The van der Waals surface area contributed by atoms with Crippen molar-refractivity contribution in [1.82, 2.24) is 9.29 Å². The Morgan fingerprint density at radius 2 is 2.00 bits per heavy atom. The van der Waals surface area contributed by atoms with Crippen LogP contribution >= 0.6 is 0 Å². The molecule has 3 rings (SSSR count). The van der Waals surface area contributed by atoms with Crippen LogP contribution in [0.5, 0.6) is 0 Å². The van der Waals surface area contributed by atoms with E-state index in [-0.39, 0.29) is 23.2 Å². The van der Waals surface area contributed by atoms with E-state index in [9.17, 15) is 18.5 Å². The average molecular weight is 333 g/mol. The van der Waals surface area contributed by atoms with E-state index in [1.165, 1.54) is 22.5 Å². The summed E-state index contributed by atoms with van der Waals surface area (Å²) in [6, 6.07) is 10.4. The standard InChI is InChI=1S/C15H15N3O4S/c19-18(20)14-5-3-6-15(10-14)23(21,22)17(13-7-8-13)11-12-4-1-2-9-16-12/h1-6,9-10,13H,7-8,11H2. The quantitative estimate of drug-likeness (QED) is 0.597. The van der Waals surface area contributed by atoms with Gasteiger partial charge in [0.25, 0.3) is 5.69 Å². The lowest BCUT2D eigenvalue weighted by Gasteiger charge is -2.21. The second kappa shape index (κ2) is 6.05. The molecule has 0 radical (unpaired) electrons. The Labute approximate surface area is 133 Å². The number of rotatable bonds is 6. The van der Waals surface area contributed by atoms with Crippen molar-refractivity contribution in [3.05, 3.63) is 64.5 Å². The number of hydrogen-bond donors (Lipinski definition) is 0. The van der Waals surface area contributed by atoms with E-state index in [1.54, 1.807) is 24.4 Å². The van der Waals surface area contributed by atoms with Crippen LogP contribution in [0.3, 0.4) is 0 Å². The van der Waals surface area contributed by atoms with Crippen LogP contribution in [-0.2, 0) is 16.6 Å². The first kappa shape index (κ1) is 15.6. The first-order valence-corrected chi connectivity index (χ1v) is 8.59. The highest BCUT2D eigenvalue weighted by Crippen LogP contribution is 2.33. The summed E-state index contributed by atoms with van der Waals surface area (Å²) in [6.45, 7) is 0.163. The monoisotopic (exact) mass is 333 g/mol. The Kier molecular flexibility index (Phi) is 4.10. The van der Waals surface area contributed by atoms with E-state index < -0.39 is 14.9 Å². The third kappa shape index (κ3) is 3.38. The molecule has 0 unspecified atom stereocenters. The summed E-state index contributed by atoms with van der Waals surface area (Å²) < 4.78 is 27.1. The van der Waals surface area contributed by atoms with Crippen LogP contribution < -0.4 is 0 Å². The van der Waals surface area contributed by atoms with Gasteiger partial charge in [0.2, 0.25) is 10.0 Å². The predicted molar refractivity (Wildman–Crippen MR) is 83.1 cm³/mol. The maximum atomic E-state index is 12.9. The molecule has 1 aliphatic rings. The Morgan fingerprint density at radius 1 is 1.22 bits per heavy atom. The first-order valence-electron chi connectivity index (χ1n) is 7.15. The highest BCUT2D eigenvalue weighted by Gasteiger charge is 2.38. The van der Waals surface area contributed by atoms with Gasteiger partial charge in [-0.2, -0.15) is 4.31 Å². The molecule has 1 heterocycles. The lowest BCUT2D eigenvalue weighted by atomic mass is 10.3. The zero-order valence-corrected chi connectivity index (χ0v) is 13.0. The minimum absolute atomic E-state index is 0.0606. The molecule has 120 valence electrons. The number of hydrogen-bond acceptors (Lipinski definition) is 5. The van der Waals surface area contributed by atoms with E-state index in [1.807, 2.05) is 0 Å². The van der Waals surface area contributed by atoms with Gasteiger partial charge in [0.1, 0.15) is 0 Å². The van der Waals surface area contributed by atoms with Gasteiger partial charge in [0.05, 0.1) is 22.1 Å². The fraction of sp³-hybridized carbons (Fsp3) is 0.267. The van der Waals surface area contributed by atoms with Crippen molar-refractivity contribution in [1.29, 1.82) is 0 Å². The summed E-state index contributed by atoms with van der Waals surface area (Å²) in [6.07, 6.45) is 3.20. The van der Waals surface area contributed by atoms with Crippen molar-refractivity contribution >= 4 is 15.7 Å². The fourth-order valence-corrected chi connectivity index (χ4v) is 4.01. The van der Waals surface area contributed by atoms with Crippen LogP contribution in [0, 0.1) is 10.1 Å². The second-order valence-electron chi connectivity index (χ2n) is 5.36. The molecule has 0 spiro atoms. The molecule has 1 aromatic heterocycles. The maximum absolute atomic E-state index is 12.9. The van der Waals surface area contributed by atoms with Crippen LogP contribution in [-0.4, -0.2) is 28.7 Å². The Balaban J connectivity index is 1.95. The molecule has 0 saturated heterocycles. The summed E-state index contributed by atoms with van der Waals surface area (Å²) >= 11 is 0. The molecule has 0 bridgehead atoms. The number of sulfonamides is 1. The molecule has 0 amide bonds. The van der Waals surface area contributed by atoms with Gasteiger partial charge in [-0.1, -0.05) is 12.1 Å². The lowest BCUT2D eigenvalue weighted by molar-refractivity contribution is -0.385. The molecule has 1 fully saturated rings. The number of aromatic nitrogens is 1. The third-order valence-corrected chi connectivity index (χ3v) is 5.53. The molecular weight excluding hydrogens is 318 g/mol. The van der Waals surface area contributed by atoms with Gasteiger partial charge in [-0.3, -0.25) is 15.1 Å². The predicted octanol–water partition coefficient (Wildman–Crippen LogP) is 2.34. The summed E-state index contributed by atoms with van der Waals surface area (Å²) in [5, 5.41) is 10.9. The first-order chi connectivity index (χ1) is 11.0. The zero-order valence-electron chi connectivity index (χ0n) is 12.2. The summed E-state index contributed by atoms with van der Waals surface area (Å²) in [4.78, 5) is 14.4. The molecule has 8 heteroatoms. The minimum Gasteiger partial charge on any atom is -0.260 e. The van der Waals surface area contributed by atoms with Crippen molar-refractivity contribution in [3.63, 3.8) is 0 Å². The molecular formula is C15H15N3O4S. The highest BCUT2D eigenvalue weighted by molar-refractivity contribution is 7.89. The lowest BCUT2D eigenvalue weighted by Crippen LogP contribution is -2.33. The summed E-state index contributed by atoms with van der Waals surface area (Å²) in [7, 11) is -3.80. The van der Waals surface area contributed by atoms with Crippen molar-refractivity contribution in [2.45, 2.75) is 30.3 Å². The van der Waals surface area contributed by atoms with E-state index in [0.29, 0.717) is 5.69 Å². The van der Waals surface area contributed by atoms with Gasteiger partial charge in [-0.05, 0) is 31.0 Å². The molecule has 7 nitrogen and oxygen atoms in total. The van der Waals surface area contributed by atoms with Gasteiger partial charge >= 0.3 is 0 Å². The Bertz CT molecular complexity index is 820. The molecule has 23 heavy (non-hydrogen) atoms. The number of benzene rings is 1. The van der Waals surface area contributed by atoms with Gasteiger partial charge in [0.15, 0.2) is 0 Å².